The highest BCUT2D eigenvalue weighted by atomic mass is 15.1. The van der Waals surface area contributed by atoms with Gasteiger partial charge in [-0.05, 0) is 44.0 Å². The van der Waals surface area contributed by atoms with Crippen molar-refractivity contribution in [3.63, 3.8) is 0 Å². The van der Waals surface area contributed by atoms with E-state index in [1.807, 2.05) is 0 Å². The van der Waals surface area contributed by atoms with Crippen LogP contribution < -0.4 is 16.0 Å². The van der Waals surface area contributed by atoms with Crippen molar-refractivity contribution in [2.45, 2.75) is 25.8 Å². The summed E-state index contributed by atoms with van der Waals surface area (Å²) in [6, 6.07) is 8.73. The normalized spacial score (nSPS) is 15.5. The Labute approximate surface area is 104 Å². The van der Waals surface area contributed by atoms with E-state index in [-0.39, 0.29) is 0 Å². The summed E-state index contributed by atoms with van der Waals surface area (Å²) in [5.41, 5.74) is 8.31. The van der Waals surface area contributed by atoms with E-state index in [0.717, 1.165) is 26.1 Å². The van der Waals surface area contributed by atoms with Crippen molar-refractivity contribution in [1.29, 1.82) is 0 Å². The summed E-state index contributed by atoms with van der Waals surface area (Å²) < 4.78 is 0. The van der Waals surface area contributed by atoms with E-state index in [4.69, 9.17) is 5.73 Å². The number of hydrogen-bond acceptors (Lipinski definition) is 3. The van der Waals surface area contributed by atoms with Crippen LogP contribution >= 0.6 is 0 Å². The topological polar surface area (TPSA) is 41.3 Å². The van der Waals surface area contributed by atoms with Crippen LogP contribution in [0.2, 0.25) is 0 Å². The maximum absolute atomic E-state index is 5.49. The van der Waals surface area contributed by atoms with Crippen LogP contribution in [0.1, 0.15) is 24.8 Å². The molecule has 3 nitrogen and oxygen atoms in total. The predicted octanol–water partition coefficient (Wildman–Crippen LogP) is 1.73. The summed E-state index contributed by atoms with van der Waals surface area (Å²) in [5.74, 6) is 0. The molecule has 1 aromatic rings. The van der Waals surface area contributed by atoms with Crippen LogP contribution in [0.25, 0.3) is 0 Å². The average Bonchev–Trinajstić information content (AvgIpc) is 2.89. The SMILES string of the molecule is NCCCNCc1ccccc1N1CCCC1. The quantitative estimate of drug-likeness (QED) is 0.735. The standard InChI is InChI=1S/C14H23N3/c15-8-5-9-16-12-13-6-1-2-7-14(13)17-10-3-4-11-17/h1-2,6-7,16H,3-5,8-12,15H2. The Morgan fingerprint density at radius 2 is 1.94 bits per heavy atom. The minimum atomic E-state index is 0.765. The van der Waals surface area contributed by atoms with E-state index >= 15 is 0 Å². The molecule has 3 N–H and O–H groups in total. The van der Waals surface area contributed by atoms with Gasteiger partial charge in [-0.25, -0.2) is 0 Å². The molecule has 0 saturated carbocycles. The van der Waals surface area contributed by atoms with E-state index in [1.165, 1.54) is 37.2 Å². The van der Waals surface area contributed by atoms with Crippen molar-refractivity contribution >= 4 is 5.69 Å². The predicted molar refractivity (Wildman–Crippen MR) is 73.3 cm³/mol. The van der Waals surface area contributed by atoms with Gasteiger partial charge in [0.05, 0.1) is 0 Å². The van der Waals surface area contributed by atoms with E-state index < -0.39 is 0 Å². The van der Waals surface area contributed by atoms with Crippen LogP contribution in [-0.2, 0) is 6.54 Å². The Morgan fingerprint density at radius 1 is 1.18 bits per heavy atom. The summed E-state index contributed by atoms with van der Waals surface area (Å²) in [6.45, 7) is 5.14. The van der Waals surface area contributed by atoms with Crippen molar-refractivity contribution < 1.29 is 0 Å². The largest absolute Gasteiger partial charge is 0.371 e. The summed E-state index contributed by atoms with van der Waals surface area (Å²) in [4.78, 5) is 2.50. The van der Waals surface area contributed by atoms with E-state index in [9.17, 15) is 0 Å². The van der Waals surface area contributed by atoms with E-state index in [1.54, 1.807) is 0 Å². The zero-order chi connectivity index (χ0) is 11.9. The lowest BCUT2D eigenvalue weighted by atomic mass is 10.1. The molecule has 0 atom stereocenters. The fourth-order valence-corrected chi connectivity index (χ4v) is 2.38. The van der Waals surface area contributed by atoms with Gasteiger partial charge >= 0.3 is 0 Å². The Hall–Kier alpha value is -1.06. The van der Waals surface area contributed by atoms with Crippen LogP contribution in [-0.4, -0.2) is 26.2 Å². The molecule has 0 radical (unpaired) electrons. The van der Waals surface area contributed by atoms with Crippen molar-refractivity contribution in [1.82, 2.24) is 5.32 Å². The smallest absolute Gasteiger partial charge is 0.0411 e. The number of rotatable bonds is 6. The number of nitrogens with zero attached hydrogens (tertiary/aromatic N) is 1. The molecule has 17 heavy (non-hydrogen) atoms. The number of benzene rings is 1. The molecule has 0 unspecified atom stereocenters. The van der Waals surface area contributed by atoms with Crippen molar-refractivity contribution in [2.75, 3.05) is 31.1 Å². The van der Waals surface area contributed by atoms with E-state index in [2.05, 4.69) is 34.5 Å². The third kappa shape index (κ3) is 3.45. The molecule has 2 rings (SSSR count). The van der Waals surface area contributed by atoms with Crippen molar-refractivity contribution in [2.24, 2.45) is 5.73 Å². The lowest BCUT2D eigenvalue weighted by Crippen LogP contribution is -2.22. The van der Waals surface area contributed by atoms with Gasteiger partial charge in [0.25, 0.3) is 0 Å². The number of anilines is 1. The molecule has 94 valence electrons. The van der Waals surface area contributed by atoms with Crippen LogP contribution in [0.15, 0.2) is 24.3 Å². The third-order valence-electron chi connectivity index (χ3n) is 3.31. The summed E-state index contributed by atoms with van der Waals surface area (Å²) in [5, 5.41) is 3.46. The lowest BCUT2D eigenvalue weighted by molar-refractivity contribution is 0.654. The summed E-state index contributed by atoms with van der Waals surface area (Å²) in [7, 11) is 0. The number of nitrogens with two attached hydrogens (primary N) is 1. The molecular weight excluding hydrogens is 210 g/mol. The highest BCUT2D eigenvalue weighted by Crippen LogP contribution is 2.24. The summed E-state index contributed by atoms with van der Waals surface area (Å²) in [6.07, 6.45) is 3.70. The average molecular weight is 233 g/mol. The molecule has 0 aliphatic carbocycles. The second kappa shape index (κ2) is 6.62. The molecule has 3 heteroatoms. The van der Waals surface area contributed by atoms with Gasteiger partial charge in [-0.1, -0.05) is 18.2 Å². The highest BCUT2D eigenvalue weighted by molar-refractivity contribution is 5.54. The van der Waals surface area contributed by atoms with Gasteiger partial charge in [0.1, 0.15) is 0 Å². The van der Waals surface area contributed by atoms with Crippen LogP contribution in [0.3, 0.4) is 0 Å². The van der Waals surface area contributed by atoms with Crippen molar-refractivity contribution in [3.05, 3.63) is 29.8 Å². The molecule has 1 fully saturated rings. The molecule has 0 aromatic heterocycles. The zero-order valence-corrected chi connectivity index (χ0v) is 10.5. The third-order valence-corrected chi connectivity index (χ3v) is 3.31. The van der Waals surface area contributed by atoms with Crippen LogP contribution in [0, 0.1) is 0 Å². The molecule has 1 saturated heterocycles. The monoisotopic (exact) mass is 233 g/mol. The molecule has 0 bridgehead atoms. The first-order valence-electron chi connectivity index (χ1n) is 6.65. The van der Waals surface area contributed by atoms with Gasteiger partial charge in [-0.2, -0.15) is 0 Å². The van der Waals surface area contributed by atoms with Gasteiger partial charge in [0.2, 0.25) is 0 Å². The number of nitrogens with one attached hydrogen (secondary N) is 1. The van der Waals surface area contributed by atoms with Crippen LogP contribution in [0.5, 0.6) is 0 Å². The van der Waals surface area contributed by atoms with Gasteiger partial charge in [-0.15, -0.1) is 0 Å². The molecule has 0 amide bonds. The van der Waals surface area contributed by atoms with Gasteiger partial charge in [-0.3, -0.25) is 0 Å². The molecular formula is C14H23N3. The number of para-hydroxylation sites is 1. The molecule has 1 aromatic carbocycles. The molecule has 1 aliphatic rings. The lowest BCUT2D eigenvalue weighted by Gasteiger charge is -2.21. The Kier molecular flexibility index (Phi) is 4.83. The second-order valence-corrected chi connectivity index (χ2v) is 4.64. The fourth-order valence-electron chi connectivity index (χ4n) is 2.38. The summed E-state index contributed by atoms with van der Waals surface area (Å²) >= 11 is 0. The Morgan fingerprint density at radius 3 is 2.71 bits per heavy atom. The van der Waals surface area contributed by atoms with E-state index in [0.29, 0.717) is 0 Å². The van der Waals surface area contributed by atoms with Crippen molar-refractivity contribution in [3.8, 4) is 0 Å². The molecule has 1 aliphatic heterocycles. The maximum Gasteiger partial charge on any atom is 0.0411 e. The molecule has 0 spiro atoms. The van der Waals surface area contributed by atoms with Gasteiger partial charge < -0.3 is 16.0 Å². The Bertz CT molecular complexity index is 332. The first kappa shape index (κ1) is 12.4. The highest BCUT2D eigenvalue weighted by Gasteiger charge is 2.14. The Balaban J connectivity index is 1.95. The first-order valence-corrected chi connectivity index (χ1v) is 6.65. The minimum Gasteiger partial charge on any atom is -0.371 e. The zero-order valence-electron chi connectivity index (χ0n) is 10.5. The van der Waals surface area contributed by atoms with Gasteiger partial charge in [0.15, 0.2) is 0 Å². The first-order chi connectivity index (χ1) is 8.42. The van der Waals surface area contributed by atoms with Gasteiger partial charge in [0, 0.05) is 25.3 Å². The number of hydrogen-bond donors (Lipinski definition) is 2. The van der Waals surface area contributed by atoms with Crippen LogP contribution in [0.4, 0.5) is 5.69 Å². The maximum atomic E-state index is 5.49. The minimum absolute atomic E-state index is 0.765. The second-order valence-electron chi connectivity index (χ2n) is 4.64. The fraction of sp³-hybridized carbons (Fsp3) is 0.571. The molecule has 1 heterocycles.